The molecule has 0 fully saturated rings. The minimum Gasteiger partial charge on any atom is -0.377 e. The smallest absolute Gasteiger partial charge is 0.271 e. The van der Waals surface area contributed by atoms with E-state index >= 15 is 0 Å². The Labute approximate surface area is 157 Å². The second-order valence-electron chi connectivity index (χ2n) is 5.80. The number of aromatic nitrogens is 1. The number of benzene rings is 2. The first kappa shape index (κ1) is 17.7. The first-order valence-electron chi connectivity index (χ1n) is 8.19. The van der Waals surface area contributed by atoms with E-state index in [-0.39, 0.29) is 12.5 Å². The molecule has 0 aliphatic rings. The van der Waals surface area contributed by atoms with Gasteiger partial charge in [-0.2, -0.15) is 0 Å². The number of rotatable bonds is 4. The highest BCUT2D eigenvalue weighted by Crippen LogP contribution is 2.23. The van der Waals surface area contributed by atoms with Gasteiger partial charge in [0.25, 0.3) is 5.91 Å². The molecule has 0 aliphatic heterocycles. The lowest BCUT2D eigenvalue weighted by Gasteiger charge is -2.13. The zero-order valence-corrected chi connectivity index (χ0v) is 15.5. The van der Waals surface area contributed by atoms with Crippen molar-refractivity contribution in [2.75, 3.05) is 25.5 Å². The summed E-state index contributed by atoms with van der Waals surface area (Å²) < 4.78 is 0. The molecule has 130 valence electrons. The van der Waals surface area contributed by atoms with Gasteiger partial charge in [-0.05, 0) is 12.1 Å². The van der Waals surface area contributed by atoms with Crippen molar-refractivity contribution in [3.05, 3.63) is 71.2 Å². The lowest BCUT2D eigenvalue weighted by Crippen LogP contribution is -2.23. The third-order valence-electron chi connectivity index (χ3n) is 3.70. The minimum absolute atomic E-state index is 0.210. The standard InChI is InChI=1S/C21H19N3OS/c1-24(2)19-13-7-6-9-16(19)12-8-14-22-20(25)18-15-26-21(23-18)17-10-4-3-5-11-17/h3-7,9-11,13,15H,14H2,1-2H3,(H,22,25). The van der Waals surface area contributed by atoms with Gasteiger partial charge in [0, 0.05) is 30.6 Å². The molecule has 3 rings (SSSR count). The number of carbonyl (C=O) groups is 1. The van der Waals surface area contributed by atoms with Crippen LogP contribution in [-0.2, 0) is 0 Å². The number of anilines is 1. The minimum atomic E-state index is -0.210. The maximum atomic E-state index is 12.2. The van der Waals surface area contributed by atoms with E-state index in [4.69, 9.17) is 0 Å². The topological polar surface area (TPSA) is 45.2 Å². The molecular weight excluding hydrogens is 342 g/mol. The van der Waals surface area contributed by atoms with Gasteiger partial charge < -0.3 is 10.2 Å². The Hall–Kier alpha value is -3.10. The highest BCUT2D eigenvalue weighted by atomic mass is 32.1. The predicted molar refractivity (Wildman–Crippen MR) is 108 cm³/mol. The van der Waals surface area contributed by atoms with Crippen LogP contribution in [0, 0.1) is 11.8 Å². The Morgan fingerprint density at radius 3 is 2.62 bits per heavy atom. The molecule has 3 aromatic rings. The van der Waals surface area contributed by atoms with Crippen molar-refractivity contribution in [2.45, 2.75) is 0 Å². The van der Waals surface area contributed by atoms with Gasteiger partial charge in [-0.3, -0.25) is 4.79 Å². The number of hydrogen-bond donors (Lipinski definition) is 1. The van der Waals surface area contributed by atoms with Crippen molar-refractivity contribution in [1.29, 1.82) is 0 Å². The summed E-state index contributed by atoms with van der Waals surface area (Å²) in [7, 11) is 3.96. The number of thiazole rings is 1. The lowest BCUT2D eigenvalue weighted by atomic mass is 10.1. The van der Waals surface area contributed by atoms with Crippen LogP contribution in [0.15, 0.2) is 60.0 Å². The first-order chi connectivity index (χ1) is 12.6. The molecule has 0 spiro atoms. The summed E-state index contributed by atoms with van der Waals surface area (Å²) in [4.78, 5) is 18.7. The molecule has 0 bridgehead atoms. The number of hydrogen-bond acceptors (Lipinski definition) is 4. The van der Waals surface area contributed by atoms with Crippen LogP contribution in [0.4, 0.5) is 5.69 Å². The molecule has 1 amide bonds. The summed E-state index contributed by atoms with van der Waals surface area (Å²) in [6.45, 7) is 0.277. The first-order valence-corrected chi connectivity index (χ1v) is 9.07. The molecular formula is C21H19N3OS. The van der Waals surface area contributed by atoms with Gasteiger partial charge >= 0.3 is 0 Å². The van der Waals surface area contributed by atoms with E-state index in [0.29, 0.717) is 5.69 Å². The molecule has 0 saturated carbocycles. The van der Waals surface area contributed by atoms with E-state index < -0.39 is 0 Å². The molecule has 5 heteroatoms. The molecule has 26 heavy (non-hydrogen) atoms. The summed E-state index contributed by atoms with van der Waals surface area (Å²) in [6, 6.07) is 17.8. The Balaban J connectivity index is 1.62. The van der Waals surface area contributed by atoms with Gasteiger partial charge in [-0.15, -0.1) is 11.3 Å². The number of amides is 1. The highest BCUT2D eigenvalue weighted by Gasteiger charge is 2.10. The summed E-state index contributed by atoms with van der Waals surface area (Å²) in [6.07, 6.45) is 0. The lowest BCUT2D eigenvalue weighted by molar-refractivity contribution is 0.0954. The van der Waals surface area contributed by atoms with Gasteiger partial charge in [0.1, 0.15) is 10.7 Å². The molecule has 4 nitrogen and oxygen atoms in total. The summed E-state index contributed by atoms with van der Waals surface area (Å²) >= 11 is 1.46. The summed E-state index contributed by atoms with van der Waals surface area (Å²) in [5, 5.41) is 5.41. The van der Waals surface area contributed by atoms with E-state index in [9.17, 15) is 4.79 Å². The molecule has 0 radical (unpaired) electrons. The largest absolute Gasteiger partial charge is 0.377 e. The maximum absolute atomic E-state index is 12.2. The van der Waals surface area contributed by atoms with E-state index in [2.05, 4.69) is 22.1 Å². The number of nitrogens with zero attached hydrogens (tertiary/aromatic N) is 2. The Morgan fingerprint density at radius 2 is 1.85 bits per heavy atom. The van der Waals surface area contributed by atoms with Crippen molar-refractivity contribution in [3.8, 4) is 22.4 Å². The van der Waals surface area contributed by atoms with Gasteiger partial charge in [0.15, 0.2) is 0 Å². The third kappa shape index (κ3) is 4.29. The Morgan fingerprint density at radius 1 is 1.12 bits per heavy atom. The van der Waals surface area contributed by atoms with Crippen LogP contribution >= 0.6 is 11.3 Å². The van der Waals surface area contributed by atoms with Crippen molar-refractivity contribution >= 4 is 22.9 Å². The zero-order chi connectivity index (χ0) is 18.4. The third-order valence-corrected chi connectivity index (χ3v) is 4.60. The van der Waals surface area contributed by atoms with Crippen molar-refractivity contribution in [1.82, 2.24) is 10.3 Å². The Kier molecular flexibility index (Phi) is 5.67. The van der Waals surface area contributed by atoms with Gasteiger partial charge in [-0.25, -0.2) is 4.98 Å². The van der Waals surface area contributed by atoms with Gasteiger partial charge in [0.05, 0.1) is 12.2 Å². The molecule has 0 saturated heterocycles. The second-order valence-corrected chi connectivity index (χ2v) is 6.66. The highest BCUT2D eigenvalue weighted by molar-refractivity contribution is 7.13. The molecule has 1 heterocycles. The quantitative estimate of drug-likeness (QED) is 0.722. The van der Waals surface area contributed by atoms with E-state index in [1.807, 2.05) is 73.6 Å². The molecule has 2 aromatic carbocycles. The second kappa shape index (κ2) is 8.32. The van der Waals surface area contributed by atoms with Crippen LogP contribution in [0.25, 0.3) is 10.6 Å². The summed E-state index contributed by atoms with van der Waals surface area (Å²) in [5.74, 6) is 5.90. The average molecular weight is 361 g/mol. The fourth-order valence-corrected chi connectivity index (χ4v) is 3.22. The normalized spacial score (nSPS) is 9.92. The van der Waals surface area contributed by atoms with Crippen molar-refractivity contribution in [3.63, 3.8) is 0 Å². The fraction of sp³-hybridized carbons (Fsp3) is 0.143. The number of carbonyl (C=O) groups excluding carboxylic acids is 1. The predicted octanol–water partition coefficient (Wildman–Crippen LogP) is 3.66. The molecule has 0 unspecified atom stereocenters. The monoisotopic (exact) mass is 361 g/mol. The molecule has 1 N–H and O–H groups in total. The van der Waals surface area contributed by atoms with Crippen LogP contribution in [0.3, 0.4) is 0 Å². The van der Waals surface area contributed by atoms with Crippen LogP contribution in [0.2, 0.25) is 0 Å². The number of para-hydroxylation sites is 1. The van der Waals surface area contributed by atoms with Gasteiger partial charge in [0.2, 0.25) is 0 Å². The number of nitrogens with one attached hydrogen (secondary N) is 1. The SMILES string of the molecule is CN(C)c1ccccc1C#CCNC(=O)c1csc(-c2ccccc2)n1. The summed E-state index contributed by atoms with van der Waals surface area (Å²) in [5.41, 5.74) is 3.42. The van der Waals surface area contributed by atoms with E-state index in [1.54, 1.807) is 5.38 Å². The van der Waals surface area contributed by atoms with Crippen LogP contribution in [0.1, 0.15) is 16.1 Å². The Bertz CT molecular complexity index is 952. The molecule has 1 aromatic heterocycles. The average Bonchev–Trinajstić information content (AvgIpc) is 3.16. The maximum Gasteiger partial charge on any atom is 0.271 e. The zero-order valence-electron chi connectivity index (χ0n) is 14.7. The van der Waals surface area contributed by atoms with Crippen molar-refractivity contribution < 1.29 is 4.79 Å². The van der Waals surface area contributed by atoms with Crippen LogP contribution in [-0.4, -0.2) is 31.5 Å². The van der Waals surface area contributed by atoms with Gasteiger partial charge in [-0.1, -0.05) is 54.3 Å². The van der Waals surface area contributed by atoms with E-state index in [0.717, 1.165) is 21.8 Å². The fourth-order valence-electron chi connectivity index (χ4n) is 2.42. The van der Waals surface area contributed by atoms with Crippen LogP contribution < -0.4 is 10.2 Å². The van der Waals surface area contributed by atoms with Crippen LogP contribution in [0.5, 0.6) is 0 Å². The van der Waals surface area contributed by atoms with E-state index in [1.165, 1.54) is 11.3 Å². The van der Waals surface area contributed by atoms with Crippen molar-refractivity contribution in [2.24, 2.45) is 0 Å². The molecule has 0 atom stereocenters. The molecule has 0 aliphatic carbocycles.